The van der Waals surface area contributed by atoms with Crippen molar-refractivity contribution in [2.45, 2.75) is 108 Å². The van der Waals surface area contributed by atoms with E-state index < -0.39 is 29.5 Å². The zero-order chi connectivity index (χ0) is 57.7. The van der Waals surface area contributed by atoms with Gasteiger partial charge in [-0.2, -0.15) is 15.1 Å². The molecule has 2 unspecified atom stereocenters. The number of halogens is 2. The molecule has 7 aromatic rings. The van der Waals surface area contributed by atoms with Gasteiger partial charge in [0.25, 0.3) is 0 Å². The topological polar surface area (TPSA) is 207 Å². The highest BCUT2D eigenvalue weighted by atomic mass is 19.1. The molecule has 9 heterocycles. The molecule has 5 saturated heterocycles. The van der Waals surface area contributed by atoms with Crippen LogP contribution in [0.25, 0.3) is 44.2 Å². The van der Waals surface area contributed by atoms with Gasteiger partial charge in [-0.1, -0.05) is 68.4 Å². The fraction of sp³-hybridized carbons (Fsp3) is 0.500. The second-order valence-electron chi connectivity index (χ2n) is 23.9. The SMILES string of the molecule is CCc1cccc2cc(O)cc(-c3ncc4c(N5CC6CCC(C5)N6)nc(OCCN5CCC(F)(CN6CCN(c7cc([C@H](C(=O)N8C[C@H](O)C[C@H]8C(=O)N[C@@H](C)c8ccc(-c9ccnn9C)cc8)C(C)C)on7)CC6)CC5)nc4c3F)c12. The Morgan fingerprint density at radius 1 is 0.928 bits per heavy atom. The number of hydrogen-bond donors (Lipinski definition) is 4. The van der Waals surface area contributed by atoms with E-state index in [0.717, 1.165) is 46.0 Å². The van der Waals surface area contributed by atoms with Crippen LogP contribution >= 0.6 is 0 Å². The van der Waals surface area contributed by atoms with Gasteiger partial charge in [-0.05, 0) is 90.6 Å². The molecular formula is C62H75F2N13O6. The summed E-state index contributed by atoms with van der Waals surface area (Å²) in [6.07, 6.45) is 6.24. The average molecular weight is 1140 g/mol. The number of pyridine rings is 1. The third kappa shape index (κ3) is 11.6. The number of phenols is 1. The number of piperidine rings is 1. The molecule has 2 bridgehead atoms. The van der Waals surface area contributed by atoms with Crippen molar-refractivity contribution in [1.29, 1.82) is 0 Å². The number of carbonyl (C=O) groups is 2. The van der Waals surface area contributed by atoms with Crippen LogP contribution in [0.1, 0.15) is 88.6 Å². The van der Waals surface area contributed by atoms with E-state index in [4.69, 9.17) is 24.2 Å². The summed E-state index contributed by atoms with van der Waals surface area (Å²) < 4.78 is 47.8. The first-order valence-electron chi connectivity index (χ1n) is 29.6. The number of anilines is 2. The van der Waals surface area contributed by atoms with Gasteiger partial charge in [0.1, 0.15) is 47.0 Å². The number of aliphatic hydroxyl groups excluding tert-OH is 1. The van der Waals surface area contributed by atoms with E-state index in [2.05, 4.69) is 40.5 Å². The maximum atomic E-state index is 17.1. The van der Waals surface area contributed by atoms with Gasteiger partial charge >= 0.3 is 6.01 Å². The van der Waals surface area contributed by atoms with E-state index in [1.165, 1.54) is 4.90 Å². The molecule has 6 atom stereocenters. The zero-order valence-electron chi connectivity index (χ0n) is 48.0. The van der Waals surface area contributed by atoms with Crippen LogP contribution in [0.5, 0.6) is 11.8 Å². The molecular weight excluding hydrogens is 1060 g/mol. The molecule has 21 heteroatoms. The molecule has 4 aromatic heterocycles. The van der Waals surface area contributed by atoms with Crippen LogP contribution in [0.15, 0.2) is 83.6 Å². The summed E-state index contributed by atoms with van der Waals surface area (Å²) in [4.78, 5) is 52.7. The van der Waals surface area contributed by atoms with Gasteiger partial charge in [0, 0.05) is 122 Å². The Morgan fingerprint density at radius 3 is 2.40 bits per heavy atom. The van der Waals surface area contributed by atoms with Crippen molar-refractivity contribution >= 4 is 45.1 Å². The maximum absolute atomic E-state index is 17.1. The number of ether oxygens (including phenoxy) is 1. The predicted octanol–water partition coefficient (Wildman–Crippen LogP) is 7.17. The fourth-order valence-corrected chi connectivity index (χ4v) is 13.4. The van der Waals surface area contributed by atoms with Crippen LogP contribution in [0, 0.1) is 11.7 Å². The monoisotopic (exact) mass is 1140 g/mol. The number of nitrogens with one attached hydrogen (secondary N) is 2. The Bertz CT molecular complexity index is 3480. The number of nitrogens with zero attached hydrogens (tertiary/aromatic N) is 11. The second kappa shape index (κ2) is 23.4. The van der Waals surface area contributed by atoms with Crippen LogP contribution in [-0.2, 0) is 23.1 Å². The number of hydrogen-bond acceptors (Lipinski definition) is 16. The first-order chi connectivity index (χ1) is 40.1. The minimum atomic E-state index is -1.37. The summed E-state index contributed by atoms with van der Waals surface area (Å²) in [6, 6.07) is 20.2. The molecule has 3 aromatic carbocycles. The average Bonchev–Trinajstić information content (AvgIpc) is 3.09. The quantitative estimate of drug-likeness (QED) is 0.0714. The number of fused-ring (bicyclic) bond motifs is 4. The van der Waals surface area contributed by atoms with Gasteiger partial charge in [-0.15, -0.1) is 0 Å². The Labute approximate surface area is 482 Å². The minimum absolute atomic E-state index is 0.0201. The highest BCUT2D eigenvalue weighted by molar-refractivity contribution is 6.02. The Balaban J connectivity index is 0.643. The van der Waals surface area contributed by atoms with Crippen molar-refractivity contribution in [2.24, 2.45) is 13.0 Å². The van der Waals surface area contributed by atoms with Crippen LogP contribution < -0.4 is 25.2 Å². The lowest BCUT2D eigenvalue weighted by Gasteiger charge is -2.41. The summed E-state index contributed by atoms with van der Waals surface area (Å²) in [5.74, 6) is -0.576. The third-order valence-electron chi connectivity index (χ3n) is 17.9. The van der Waals surface area contributed by atoms with Gasteiger partial charge in [-0.3, -0.25) is 29.1 Å². The molecule has 5 aliphatic heterocycles. The number of β-amino-alcohol motifs (C(OH)–C–C–N with tert-alkyl or cyclic N) is 1. The molecule has 0 spiro atoms. The molecule has 12 rings (SSSR count). The van der Waals surface area contributed by atoms with E-state index in [0.29, 0.717) is 125 Å². The number of amides is 2. The molecule has 438 valence electrons. The standard InChI is InChI=1S/C62H75F2N13O6/c1-6-39-8-7-9-42-28-45(78)29-47(54(39)42)56-55(63)57-48(32-65-56)58(76-33-43-14-15-44(34-76)68-43)70-61(69-57)82-27-26-73-20-17-62(64,18-21-73)36-74-22-24-75(25-23-74)52-31-51(83-71-52)53(37(2)3)60(81)77-35-46(79)30-50(77)59(80)67-38(4)40-10-12-41(13-11-40)49-16-19-66-72(49)5/h7-13,16,19,28-29,31-32,37-38,43-44,46,50,53,68,78-79H,6,14-15,17-18,20-27,30,33-36H2,1-5H3,(H,67,80)/t38-,43?,44?,46+,50-,53+/m0/s1. The lowest BCUT2D eigenvalue weighted by molar-refractivity contribution is -0.141. The second-order valence-corrected chi connectivity index (χ2v) is 23.9. The lowest BCUT2D eigenvalue weighted by atomic mass is 9.91. The highest BCUT2D eigenvalue weighted by Gasteiger charge is 2.44. The number of rotatable bonds is 17. The molecule has 0 aliphatic carbocycles. The summed E-state index contributed by atoms with van der Waals surface area (Å²) in [7, 11) is 1.89. The number of alkyl halides is 1. The van der Waals surface area contributed by atoms with Crippen molar-refractivity contribution in [1.82, 2.24) is 55.2 Å². The number of likely N-dealkylation sites (tertiary alicyclic amines) is 2. The predicted molar refractivity (Wildman–Crippen MR) is 313 cm³/mol. The van der Waals surface area contributed by atoms with Crippen molar-refractivity contribution < 1.29 is 37.8 Å². The van der Waals surface area contributed by atoms with E-state index in [9.17, 15) is 19.8 Å². The van der Waals surface area contributed by atoms with E-state index in [1.807, 2.05) is 83.3 Å². The number of piperazine rings is 2. The molecule has 19 nitrogen and oxygen atoms in total. The van der Waals surface area contributed by atoms with Gasteiger partial charge < -0.3 is 44.8 Å². The molecule has 5 aliphatic rings. The third-order valence-corrected chi connectivity index (χ3v) is 17.9. The lowest BCUT2D eigenvalue weighted by Crippen LogP contribution is -2.53. The van der Waals surface area contributed by atoms with Gasteiger partial charge in [0.05, 0.1) is 23.2 Å². The Kier molecular flexibility index (Phi) is 15.8. The summed E-state index contributed by atoms with van der Waals surface area (Å²) in [6.45, 7) is 13.9. The van der Waals surface area contributed by atoms with Crippen LogP contribution in [-0.4, -0.2) is 175 Å². The van der Waals surface area contributed by atoms with Crippen molar-refractivity contribution in [2.75, 3.05) is 88.4 Å². The fourth-order valence-electron chi connectivity index (χ4n) is 13.4. The zero-order valence-corrected chi connectivity index (χ0v) is 48.0. The van der Waals surface area contributed by atoms with Crippen molar-refractivity contribution in [3.05, 3.63) is 102 Å². The molecule has 0 radical (unpaired) electrons. The number of carbonyl (C=O) groups excluding carboxylic acids is 2. The molecule has 5 fully saturated rings. The van der Waals surface area contributed by atoms with Crippen molar-refractivity contribution in [3.63, 3.8) is 0 Å². The van der Waals surface area contributed by atoms with Gasteiger partial charge in [0.15, 0.2) is 17.4 Å². The number of benzene rings is 3. The van der Waals surface area contributed by atoms with E-state index >= 15 is 8.78 Å². The van der Waals surface area contributed by atoms with E-state index in [-0.39, 0.29) is 66.3 Å². The first kappa shape index (κ1) is 56.2. The normalized spacial score (nSPS) is 22.0. The molecule has 4 N–H and O–H groups in total. The number of aliphatic hydroxyl groups is 1. The number of aromatic hydroxyl groups is 1. The Morgan fingerprint density at radius 2 is 1.69 bits per heavy atom. The number of aromatic nitrogens is 6. The van der Waals surface area contributed by atoms with Crippen LogP contribution in [0.2, 0.25) is 0 Å². The smallest absolute Gasteiger partial charge is 0.319 e. The largest absolute Gasteiger partial charge is 0.508 e. The van der Waals surface area contributed by atoms with Gasteiger partial charge in [-0.25, -0.2) is 8.78 Å². The molecule has 0 saturated carbocycles. The Hall–Kier alpha value is -7.33. The van der Waals surface area contributed by atoms with Crippen LogP contribution in [0.4, 0.5) is 20.4 Å². The van der Waals surface area contributed by atoms with E-state index in [1.54, 1.807) is 35.3 Å². The molecule has 2 amide bonds. The summed E-state index contributed by atoms with van der Waals surface area (Å²) in [5.41, 5.74) is 3.23. The summed E-state index contributed by atoms with van der Waals surface area (Å²) in [5, 5.41) is 39.1. The number of aryl methyl sites for hydroxylation is 2. The first-order valence-corrected chi connectivity index (χ1v) is 29.6. The number of phenolic OH excluding ortho intramolecular Hbond substituents is 1. The highest BCUT2D eigenvalue weighted by Crippen LogP contribution is 2.40. The van der Waals surface area contributed by atoms with Gasteiger partial charge in [0.2, 0.25) is 11.8 Å². The van der Waals surface area contributed by atoms with Crippen LogP contribution in [0.3, 0.4) is 0 Å². The van der Waals surface area contributed by atoms with Crippen molar-refractivity contribution in [3.8, 4) is 34.3 Å². The summed E-state index contributed by atoms with van der Waals surface area (Å²) >= 11 is 0. The maximum Gasteiger partial charge on any atom is 0.319 e. The molecule has 83 heavy (non-hydrogen) atoms. The minimum Gasteiger partial charge on any atom is -0.508 e.